The topological polar surface area (TPSA) is 70.3 Å². The highest BCUT2D eigenvalue weighted by atomic mass is 19.4. The maximum absolute atomic E-state index is 12.8. The van der Waals surface area contributed by atoms with E-state index in [1.807, 2.05) is 6.07 Å². The molecule has 0 atom stereocenters. The molecule has 2 aromatic rings. The molecule has 27 heavy (non-hydrogen) atoms. The first-order chi connectivity index (χ1) is 12.8. The highest BCUT2D eigenvalue weighted by molar-refractivity contribution is 5.84. The van der Waals surface area contributed by atoms with E-state index in [-0.39, 0.29) is 6.61 Å². The number of allylic oxidation sites excluding steroid dienone is 2. The lowest BCUT2D eigenvalue weighted by Gasteiger charge is -2.11. The molecule has 0 spiro atoms. The van der Waals surface area contributed by atoms with Crippen LogP contribution in [0.5, 0.6) is 5.75 Å². The van der Waals surface area contributed by atoms with Gasteiger partial charge in [0.05, 0.1) is 5.56 Å². The van der Waals surface area contributed by atoms with Crippen LogP contribution in [0.3, 0.4) is 0 Å². The Labute approximate surface area is 153 Å². The second-order valence-corrected chi connectivity index (χ2v) is 5.32. The van der Waals surface area contributed by atoms with Crippen LogP contribution in [0.4, 0.5) is 13.2 Å². The van der Waals surface area contributed by atoms with Gasteiger partial charge >= 0.3 is 12.1 Å². The van der Waals surface area contributed by atoms with Crippen LogP contribution in [0, 0.1) is 11.3 Å². The van der Waals surface area contributed by atoms with Crippen molar-refractivity contribution in [2.24, 2.45) is 0 Å². The molecule has 0 aliphatic carbocycles. The molecule has 2 aromatic carbocycles. The molecular weight excluding hydrogens is 359 g/mol. The van der Waals surface area contributed by atoms with E-state index in [9.17, 15) is 18.0 Å². The highest BCUT2D eigenvalue weighted by Crippen LogP contribution is 2.31. The molecule has 0 amide bonds. The first-order valence-electron chi connectivity index (χ1n) is 7.70. The second-order valence-electron chi connectivity index (χ2n) is 5.32. The molecule has 0 aliphatic heterocycles. The van der Waals surface area contributed by atoms with E-state index in [0.717, 1.165) is 18.2 Å². The summed E-state index contributed by atoms with van der Waals surface area (Å²) in [5, 5.41) is 17.2. The summed E-state index contributed by atoms with van der Waals surface area (Å²) in [6, 6.07) is 13.0. The van der Waals surface area contributed by atoms with Gasteiger partial charge in [0.25, 0.3) is 0 Å². The average Bonchev–Trinajstić information content (AvgIpc) is 2.63. The Morgan fingerprint density at radius 1 is 1.07 bits per heavy atom. The van der Waals surface area contributed by atoms with Gasteiger partial charge in [0.15, 0.2) is 6.61 Å². The predicted molar refractivity (Wildman–Crippen MR) is 92.8 cm³/mol. The van der Waals surface area contributed by atoms with Crippen LogP contribution in [0.2, 0.25) is 0 Å². The average molecular weight is 373 g/mol. The van der Waals surface area contributed by atoms with E-state index in [1.54, 1.807) is 24.3 Å². The zero-order valence-electron chi connectivity index (χ0n) is 13.9. The van der Waals surface area contributed by atoms with Crippen molar-refractivity contribution in [2.45, 2.75) is 6.18 Å². The zero-order chi connectivity index (χ0) is 19.9. The minimum atomic E-state index is -4.44. The molecule has 0 radical (unpaired) electrons. The number of carboxylic acid groups (broad SMARTS) is 1. The lowest BCUT2D eigenvalue weighted by atomic mass is 9.96. The van der Waals surface area contributed by atoms with Gasteiger partial charge in [0.2, 0.25) is 0 Å². The van der Waals surface area contributed by atoms with Crippen LogP contribution < -0.4 is 4.74 Å². The number of hydrogen-bond acceptors (Lipinski definition) is 3. The monoisotopic (exact) mass is 373 g/mol. The third kappa shape index (κ3) is 5.75. The van der Waals surface area contributed by atoms with Gasteiger partial charge in [0.1, 0.15) is 11.8 Å². The summed E-state index contributed by atoms with van der Waals surface area (Å²) in [7, 11) is 0. The molecule has 0 aliphatic rings. The van der Waals surface area contributed by atoms with Gasteiger partial charge in [-0.25, -0.2) is 4.79 Å². The first kappa shape index (κ1) is 19.8. The number of halogens is 3. The fourth-order valence-corrected chi connectivity index (χ4v) is 2.27. The van der Waals surface area contributed by atoms with Crippen LogP contribution in [-0.2, 0) is 11.0 Å². The van der Waals surface area contributed by atoms with Gasteiger partial charge in [-0.3, -0.25) is 0 Å². The van der Waals surface area contributed by atoms with E-state index in [1.165, 1.54) is 24.3 Å². The third-order valence-corrected chi connectivity index (χ3v) is 3.49. The number of hydrogen-bond donors (Lipinski definition) is 1. The van der Waals surface area contributed by atoms with E-state index in [0.29, 0.717) is 22.4 Å². The second kappa shape index (κ2) is 8.72. The molecule has 0 unspecified atom stereocenters. The molecule has 0 heterocycles. The molecule has 0 aromatic heterocycles. The van der Waals surface area contributed by atoms with E-state index in [4.69, 9.17) is 15.1 Å². The van der Waals surface area contributed by atoms with Crippen LogP contribution >= 0.6 is 0 Å². The largest absolute Gasteiger partial charge is 0.479 e. The normalized spacial score (nSPS) is 12.0. The lowest BCUT2D eigenvalue weighted by Crippen LogP contribution is -2.04. The molecule has 1 N–H and O–H groups in total. The van der Waals surface area contributed by atoms with Crippen molar-refractivity contribution in [2.75, 3.05) is 6.61 Å². The molecular formula is C20H14F3NO3. The van der Waals surface area contributed by atoms with Gasteiger partial charge in [0, 0.05) is 6.08 Å². The quantitative estimate of drug-likeness (QED) is 0.590. The van der Waals surface area contributed by atoms with Crippen LogP contribution in [0.25, 0.3) is 5.57 Å². The summed E-state index contributed by atoms with van der Waals surface area (Å²) in [6.07, 6.45) is -0.711. The van der Waals surface area contributed by atoms with E-state index in [2.05, 4.69) is 0 Å². The Hall–Kier alpha value is -3.53. The van der Waals surface area contributed by atoms with Crippen molar-refractivity contribution in [3.05, 3.63) is 83.4 Å². The highest BCUT2D eigenvalue weighted by Gasteiger charge is 2.30. The molecule has 0 bridgehead atoms. The summed E-state index contributed by atoms with van der Waals surface area (Å²) in [6.45, 7) is -0.109. The fraction of sp³-hybridized carbons (Fsp3) is 0.100. The number of ether oxygens (including phenoxy) is 1. The molecule has 0 saturated carbocycles. The Kier molecular flexibility index (Phi) is 6.39. The maximum Gasteiger partial charge on any atom is 0.416 e. The first-order valence-corrected chi connectivity index (χ1v) is 7.70. The third-order valence-electron chi connectivity index (χ3n) is 3.49. The van der Waals surface area contributed by atoms with Crippen molar-refractivity contribution in [3.8, 4) is 11.8 Å². The molecule has 0 fully saturated rings. The minimum absolute atomic E-state index is 0.109. The summed E-state index contributed by atoms with van der Waals surface area (Å²) in [4.78, 5) is 10.7. The van der Waals surface area contributed by atoms with Gasteiger partial charge in [-0.1, -0.05) is 36.4 Å². The summed E-state index contributed by atoms with van der Waals surface area (Å²) < 4.78 is 43.4. The number of aliphatic carboxylic acids is 1. The number of alkyl halides is 3. The molecule has 4 nitrogen and oxygen atoms in total. The van der Waals surface area contributed by atoms with Crippen molar-refractivity contribution in [1.29, 1.82) is 5.26 Å². The number of nitriles is 1. The van der Waals surface area contributed by atoms with E-state index >= 15 is 0 Å². The Morgan fingerprint density at radius 2 is 1.63 bits per heavy atom. The van der Waals surface area contributed by atoms with Crippen LogP contribution in [0.1, 0.15) is 16.7 Å². The van der Waals surface area contributed by atoms with Gasteiger partial charge < -0.3 is 9.84 Å². The SMILES string of the molecule is N#CCOc1ccc(/C(=C/C=C/C(=O)O)c2ccc(C(F)(F)F)cc2)cc1. The molecule has 2 rings (SSSR count). The Morgan fingerprint density at radius 3 is 2.11 bits per heavy atom. The Bertz CT molecular complexity index is 890. The smallest absolute Gasteiger partial charge is 0.416 e. The number of carbonyl (C=O) groups is 1. The molecule has 7 heteroatoms. The van der Waals surface area contributed by atoms with Gasteiger partial charge in [-0.2, -0.15) is 18.4 Å². The number of rotatable bonds is 6. The standard InChI is InChI=1S/C20H14F3NO3/c21-20(22,23)16-8-4-14(5-9-16)18(2-1-3-19(25)26)15-6-10-17(11-7-15)27-13-12-24/h1-11H,13H2,(H,25,26)/b3-1+,18-2+. The molecule has 0 saturated heterocycles. The maximum atomic E-state index is 12.8. The number of carboxylic acids is 1. The lowest BCUT2D eigenvalue weighted by molar-refractivity contribution is -0.137. The summed E-state index contributed by atoms with van der Waals surface area (Å²) >= 11 is 0. The van der Waals surface area contributed by atoms with Crippen molar-refractivity contribution < 1.29 is 27.8 Å². The number of benzene rings is 2. The number of nitrogens with zero attached hydrogens (tertiary/aromatic N) is 1. The zero-order valence-corrected chi connectivity index (χ0v) is 13.9. The predicted octanol–water partition coefficient (Wildman–Crippen LogP) is 4.68. The van der Waals surface area contributed by atoms with Crippen molar-refractivity contribution >= 4 is 11.5 Å². The van der Waals surface area contributed by atoms with Crippen molar-refractivity contribution in [3.63, 3.8) is 0 Å². The van der Waals surface area contributed by atoms with Gasteiger partial charge in [-0.05, 0) is 41.0 Å². The summed E-state index contributed by atoms with van der Waals surface area (Å²) in [5.41, 5.74) is 0.901. The van der Waals surface area contributed by atoms with Crippen LogP contribution in [0.15, 0.2) is 66.8 Å². The van der Waals surface area contributed by atoms with Gasteiger partial charge in [-0.15, -0.1) is 0 Å². The fourth-order valence-electron chi connectivity index (χ4n) is 2.27. The van der Waals surface area contributed by atoms with Crippen LogP contribution in [-0.4, -0.2) is 17.7 Å². The molecule has 138 valence electrons. The Balaban J connectivity index is 2.40. The van der Waals surface area contributed by atoms with Crippen molar-refractivity contribution in [1.82, 2.24) is 0 Å². The minimum Gasteiger partial charge on any atom is -0.479 e. The van der Waals surface area contributed by atoms with E-state index < -0.39 is 17.7 Å². The summed E-state index contributed by atoms with van der Waals surface area (Å²) in [5.74, 6) is -0.675.